The van der Waals surface area contributed by atoms with Gasteiger partial charge in [-0.05, 0) is 24.6 Å². The first-order valence-corrected chi connectivity index (χ1v) is 4.69. The van der Waals surface area contributed by atoms with Crippen LogP contribution in [0.3, 0.4) is 0 Å². The van der Waals surface area contributed by atoms with Gasteiger partial charge >= 0.3 is 6.18 Å². The molecule has 90 valence electrons. The molecule has 0 aliphatic rings. The summed E-state index contributed by atoms with van der Waals surface area (Å²) in [5.74, 6) is -0.653. The van der Waals surface area contributed by atoms with E-state index in [1.807, 2.05) is 0 Å². The lowest BCUT2D eigenvalue weighted by atomic mass is 10.1. The molecule has 2 aromatic rings. The van der Waals surface area contributed by atoms with Crippen LogP contribution in [0.1, 0.15) is 11.3 Å². The first kappa shape index (κ1) is 11.6. The van der Waals surface area contributed by atoms with Crippen molar-refractivity contribution in [2.45, 2.75) is 13.1 Å². The fourth-order valence-electron chi connectivity index (χ4n) is 1.64. The van der Waals surface area contributed by atoms with E-state index in [9.17, 15) is 22.4 Å². The van der Waals surface area contributed by atoms with E-state index in [0.717, 1.165) is 12.1 Å². The molecule has 0 radical (unpaired) electrons. The summed E-state index contributed by atoms with van der Waals surface area (Å²) in [5, 5.41) is -0.0875. The number of pyridine rings is 1. The molecule has 17 heavy (non-hydrogen) atoms. The Balaban J connectivity index is 2.88. The van der Waals surface area contributed by atoms with Gasteiger partial charge in [0.1, 0.15) is 11.5 Å². The van der Waals surface area contributed by atoms with Gasteiger partial charge in [0.05, 0.1) is 5.52 Å². The SMILES string of the molecule is Cc1cc(F)cc2c(=O)cc(C(F)(F)F)[nH]c12. The van der Waals surface area contributed by atoms with Crippen LogP contribution in [0, 0.1) is 12.7 Å². The molecule has 0 amide bonds. The first-order chi connectivity index (χ1) is 7.79. The van der Waals surface area contributed by atoms with E-state index < -0.39 is 23.1 Å². The molecular weight excluding hydrogens is 238 g/mol. The number of H-pyrrole nitrogens is 1. The summed E-state index contributed by atoms with van der Waals surface area (Å²) in [4.78, 5) is 13.6. The molecule has 0 fully saturated rings. The second kappa shape index (κ2) is 3.58. The van der Waals surface area contributed by atoms with E-state index in [-0.39, 0.29) is 16.5 Å². The Kier molecular flexibility index (Phi) is 2.45. The average molecular weight is 245 g/mol. The van der Waals surface area contributed by atoms with E-state index in [1.54, 1.807) is 0 Å². The molecule has 0 bridgehead atoms. The van der Waals surface area contributed by atoms with E-state index in [4.69, 9.17) is 0 Å². The van der Waals surface area contributed by atoms with Crippen molar-refractivity contribution in [2.24, 2.45) is 0 Å². The van der Waals surface area contributed by atoms with Gasteiger partial charge in [0, 0.05) is 11.5 Å². The minimum Gasteiger partial charge on any atom is -0.351 e. The van der Waals surface area contributed by atoms with Crippen molar-refractivity contribution in [1.82, 2.24) is 4.98 Å². The minimum atomic E-state index is -4.63. The van der Waals surface area contributed by atoms with Gasteiger partial charge in [-0.2, -0.15) is 13.2 Å². The van der Waals surface area contributed by atoms with Gasteiger partial charge < -0.3 is 4.98 Å². The molecule has 2 nitrogen and oxygen atoms in total. The number of hydrogen-bond donors (Lipinski definition) is 1. The molecule has 6 heteroatoms. The maximum absolute atomic E-state index is 13.0. The number of alkyl halides is 3. The fraction of sp³-hybridized carbons (Fsp3) is 0.182. The smallest absolute Gasteiger partial charge is 0.351 e. The molecule has 2 rings (SSSR count). The van der Waals surface area contributed by atoms with Crippen LogP contribution in [0.25, 0.3) is 10.9 Å². The highest BCUT2D eigenvalue weighted by molar-refractivity contribution is 5.81. The molecule has 1 aromatic carbocycles. The zero-order chi connectivity index (χ0) is 12.8. The Labute approximate surface area is 92.9 Å². The number of fused-ring (bicyclic) bond motifs is 1. The molecule has 1 aromatic heterocycles. The summed E-state index contributed by atoms with van der Waals surface area (Å²) in [6.45, 7) is 1.43. The van der Waals surface area contributed by atoms with Crippen LogP contribution >= 0.6 is 0 Å². The number of aromatic nitrogens is 1. The van der Waals surface area contributed by atoms with Gasteiger partial charge in [-0.1, -0.05) is 0 Å². The van der Waals surface area contributed by atoms with Crippen molar-refractivity contribution in [3.8, 4) is 0 Å². The number of aryl methyl sites for hydroxylation is 1. The standard InChI is InChI=1S/C11H7F4NO/c1-5-2-6(12)3-7-8(17)4-9(11(13,14)15)16-10(5)7/h2-4H,1H3,(H,16,17). The summed E-state index contributed by atoms with van der Waals surface area (Å²) in [5.41, 5.74) is -1.73. The van der Waals surface area contributed by atoms with Crippen molar-refractivity contribution >= 4 is 10.9 Å². The molecule has 0 spiro atoms. The number of hydrogen-bond acceptors (Lipinski definition) is 1. The lowest BCUT2D eigenvalue weighted by Crippen LogP contribution is -2.14. The Morgan fingerprint density at radius 1 is 1.18 bits per heavy atom. The lowest BCUT2D eigenvalue weighted by Gasteiger charge is -2.09. The monoisotopic (exact) mass is 245 g/mol. The molecule has 0 unspecified atom stereocenters. The Morgan fingerprint density at radius 3 is 2.41 bits per heavy atom. The lowest BCUT2D eigenvalue weighted by molar-refractivity contribution is -0.141. The first-order valence-electron chi connectivity index (χ1n) is 4.69. The van der Waals surface area contributed by atoms with Gasteiger partial charge in [0.15, 0.2) is 5.43 Å². The quantitative estimate of drug-likeness (QED) is 0.711. The maximum Gasteiger partial charge on any atom is 0.431 e. The van der Waals surface area contributed by atoms with Gasteiger partial charge in [-0.25, -0.2) is 4.39 Å². The highest BCUT2D eigenvalue weighted by atomic mass is 19.4. The maximum atomic E-state index is 13.0. The molecule has 1 N–H and O–H groups in total. The van der Waals surface area contributed by atoms with Gasteiger partial charge in [0.25, 0.3) is 0 Å². The number of halogens is 4. The zero-order valence-corrected chi connectivity index (χ0v) is 8.65. The number of rotatable bonds is 0. The molecule has 0 atom stereocenters. The van der Waals surface area contributed by atoms with Crippen molar-refractivity contribution in [1.29, 1.82) is 0 Å². The number of nitrogens with one attached hydrogen (secondary N) is 1. The van der Waals surface area contributed by atoms with Gasteiger partial charge in [-0.3, -0.25) is 4.79 Å². The third-order valence-corrected chi connectivity index (χ3v) is 2.41. The molecule has 0 aliphatic carbocycles. The number of aromatic amines is 1. The normalized spacial score (nSPS) is 12.1. The average Bonchev–Trinajstić information content (AvgIpc) is 2.17. The molecule has 0 saturated heterocycles. The largest absolute Gasteiger partial charge is 0.431 e. The highest BCUT2D eigenvalue weighted by Crippen LogP contribution is 2.28. The summed E-state index contributed by atoms with van der Waals surface area (Å²) in [6.07, 6.45) is -4.63. The van der Waals surface area contributed by atoms with Crippen LogP contribution < -0.4 is 5.43 Å². The van der Waals surface area contributed by atoms with Crippen LogP contribution in [0.5, 0.6) is 0 Å². The van der Waals surface area contributed by atoms with Crippen molar-refractivity contribution in [3.63, 3.8) is 0 Å². The fourth-order valence-corrected chi connectivity index (χ4v) is 1.64. The number of benzene rings is 1. The van der Waals surface area contributed by atoms with E-state index >= 15 is 0 Å². The Bertz CT molecular complexity index is 642. The predicted molar refractivity (Wildman–Crippen MR) is 54.3 cm³/mol. The van der Waals surface area contributed by atoms with Crippen LogP contribution in [0.4, 0.5) is 17.6 Å². The predicted octanol–water partition coefficient (Wildman–Crippen LogP) is 2.99. The van der Waals surface area contributed by atoms with Crippen LogP contribution in [0.2, 0.25) is 0 Å². The van der Waals surface area contributed by atoms with Crippen molar-refractivity contribution in [2.75, 3.05) is 0 Å². The van der Waals surface area contributed by atoms with Crippen molar-refractivity contribution in [3.05, 3.63) is 45.5 Å². The summed E-state index contributed by atoms with van der Waals surface area (Å²) in [6, 6.07) is 2.42. The minimum absolute atomic E-state index is 0.00576. The molecule has 0 aliphatic heterocycles. The van der Waals surface area contributed by atoms with E-state index in [1.165, 1.54) is 6.92 Å². The third kappa shape index (κ3) is 2.02. The highest BCUT2D eigenvalue weighted by Gasteiger charge is 2.32. The molecular formula is C11H7F4NO. The van der Waals surface area contributed by atoms with E-state index in [2.05, 4.69) is 4.98 Å². The van der Waals surface area contributed by atoms with Crippen LogP contribution in [0.15, 0.2) is 23.0 Å². The Morgan fingerprint density at radius 2 is 1.82 bits per heavy atom. The Hall–Kier alpha value is -1.85. The van der Waals surface area contributed by atoms with Gasteiger partial charge in [0.2, 0.25) is 0 Å². The summed E-state index contributed by atoms with van der Waals surface area (Å²) in [7, 11) is 0. The molecule has 1 heterocycles. The topological polar surface area (TPSA) is 32.9 Å². The summed E-state index contributed by atoms with van der Waals surface area (Å²) < 4.78 is 50.4. The molecule has 0 saturated carbocycles. The van der Waals surface area contributed by atoms with Crippen LogP contribution in [-0.2, 0) is 6.18 Å². The van der Waals surface area contributed by atoms with E-state index in [0.29, 0.717) is 6.07 Å². The third-order valence-electron chi connectivity index (χ3n) is 2.41. The zero-order valence-electron chi connectivity index (χ0n) is 8.65. The van der Waals surface area contributed by atoms with Gasteiger partial charge in [-0.15, -0.1) is 0 Å². The second-order valence-corrected chi connectivity index (χ2v) is 3.69. The van der Waals surface area contributed by atoms with Crippen molar-refractivity contribution < 1.29 is 17.6 Å². The summed E-state index contributed by atoms with van der Waals surface area (Å²) >= 11 is 0. The van der Waals surface area contributed by atoms with Crippen LogP contribution in [-0.4, -0.2) is 4.98 Å². The second-order valence-electron chi connectivity index (χ2n) is 3.69.